The van der Waals surface area contributed by atoms with Gasteiger partial charge in [0.1, 0.15) is 12.5 Å². The molecule has 10 heavy (non-hydrogen) atoms. The third-order valence-electron chi connectivity index (χ3n) is 1.88. The van der Waals surface area contributed by atoms with Crippen molar-refractivity contribution < 1.29 is 0 Å². The lowest BCUT2D eigenvalue weighted by molar-refractivity contribution is 0.880. The summed E-state index contributed by atoms with van der Waals surface area (Å²) >= 11 is 0. The molecule has 2 rings (SSSR count). The molecule has 0 aromatic carbocycles. The van der Waals surface area contributed by atoms with Gasteiger partial charge in [0.05, 0.1) is 5.92 Å². The lowest BCUT2D eigenvalue weighted by Crippen LogP contribution is -2.30. The maximum Gasteiger partial charge on any atom is 0.131 e. The Balaban J connectivity index is 2.31. The molecule has 0 bridgehead atoms. The van der Waals surface area contributed by atoms with E-state index in [1.807, 2.05) is 6.08 Å². The van der Waals surface area contributed by atoms with Crippen LogP contribution >= 0.6 is 0 Å². The number of nitrogens with two attached hydrogens (primary N) is 1. The number of rotatable bonds is 0. The second-order valence-corrected chi connectivity index (χ2v) is 2.50. The number of hydrogen-bond donors (Lipinski definition) is 1. The van der Waals surface area contributed by atoms with Crippen molar-refractivity contribution in [3.8, 4) is 0 Å². The molecule has 1 aliphatic carbocycles. The lowest BCUT2D eigenvalue weighted by Gasteiger charge is -2.13. The summed E-state index contributed by atoms with van der Waals surface area (Å²) in [5.74, 6) is 1.05. The molecule has 0 aromatic heterocycles. The standard InChI is InChI=1S/C7H9N3/c8-7-5-2-1-3-6(5)9-4-10-7/h1,3,5H,2,4H2,(H2,8,10). The van der Waals surface area contributed by atoms with Crippen molar-refractivity contribution in [2.24, 2.45) is 21.6 Å². The van der Waals surface area contributed by atoms with Crippen LogP contribution in [0.4, 0.5) is 0 Å². The van der Waals surface area contributed by atoms with E-state index in [4.69, 9.17) is 5.73 Å². The minimum atomic E-state index is 0.300. The summed E-state index contributed by atoms with van der Waals surface area (Å²) in [5, 5.41) is 0. The third-order valence-corrected chi connectivity index (χ3v) is 1.88. The topological polar surface area (TPSA) is 50.7 Å². The van der Waals surface area contributed by atoms with Crippen molar-refractivity contribution in [2.75, 3.05) is 6.67 Å². The van der Waals surface area contributed by atoms with Crippen LogP contribution in [0.1, 0.15) is 6.42 Å². The number of hydrogen-bond acceptors (Lipinski definition) is 3. The molecule has 1 aliphatic heterocycles. The first-order chi connectivity index (χ1) is 4.88. The normalized spacial score (nSPS) is 29.4. The number of amidine groups is 1. The Kier molecular flexibility index (Phi) is 1.09. The van der Waals surface area contributed by atoms with E-state index < -0.39 is 0 Å². The molecular weight excluding hydrogens is 126 g/mol. The van der Waals surface area contributed by atoms with E-state index in [0.29, 0.717) is 12.6 Å². The van der Waals surface area contributed by atoms with E-state index >= 15 is 0 Å². The number of allylic oxidation sites excluding steroid dienone is 2. The molecule has 0 fully saturated rings. The zero-order valence-electron chi connectivity index (χ0n) is 5.62. The van der Waals surface area contributed by atoms with Crippen LogP contribution < -0.4 is 5.73 Å². The van der Waals surface area contributed by atoms with E-state index in [-0.39, 0.29) is 0 Å². The smallest absolute Gasteiger partial charge is 0.131 e. The molecule has 0 spiro atoms. The first kappa shape index (κ1) is 5.65. The van der Waals surface area contributed by atoms with Crippen molar-refractivity contribution in [3.63, 3.8) is 0 Å². The Hall–Kier alpha value is -1.12. The minimum absolute atomic E-state index is 0.300. The Morgan fingerprint density at radius 2 is 2.40 bits per heavy atom. The summed E-state index contributed by atoms with van der Waals surface area (Å²) in [6.45, 7) is 0.516. The van der Waals surface area contributed by atoms with Crippen LogP contribution in [-0.4, -0.2) is 18.2 Å². The summed E-state index contributed by atoms with van der Waals surface area (Å²) in [4.78, 5) is 8.24. The van der Waals surface area contributed by atoms with Gasteiger partial charge in [-0.3, -0.25) is 4.99 Å². The van der Waals surface area contributed by atoms with Crippen LogP contribution in [0.3, 0.4) is 0 Å². The SMILES string of the molecule is NC1=NCN=C2C=CCC12. The molecular formula is C7H9N3. The fourth-order valence-corrected chi connectivity index (χ4v) is 1.31. The average Bonchev–Trinajstić information content (AvgIpc) is 2.36. The molecule has 0 saturated heterocycles. The Morgan fingerprint density at radius 3 is 3.20 bits per heavy atom. The second kappa shape index (κ2) is 1.94. The Labute approximate surface area is 59.4 Å². The van der Waals surface area contributed by atoms with Crippen LogP contribution in [0.25, 0.3) is 0 Å². The average molecular weight is 135 g/mol. The number of nitrogens with zero attached hydrogens (tertiary/aromatic N) is 2. The van der Waals surface area contributed by atoms with Gasteiger partial charge in [0.25, 0.3) is 0 Å². The first-order valence-electron chi connectivity index (χ1n) is 3.38. The first-order valence-corrected chi connectivity index (χ1v) is 3.38. The predicted octanol–water partition coefficient (Wildman–Crippen LogP) is 0.332. The zero-order chi connectivity index (χ0) is 6.97. The molecule has 1 unspecified atom stereocenters. The van der Waals surface area contributed by atoms with Crippen LogP contribution in [0.2, 0.25) is 0 Å². The van der Waals surface area contributed by atoms with Gasteiger partial charge in [-0.05, 0) is 12.5 Å². The van der Waals surface area contributed by atoms with Gasteiger partial charge in [0, 0.05) is 5.71 Å². The van der Waals surface area contributed by atoms with Gasteiger partial charge < -0.3 is 5.73 Å². The quantitative estimate of drug-likeness (QED) is 0.511. The molecule has 2 N–H and O–H groups in total. The summed E-state index contributed by atoms with van der Waals surface area (Å²) in [6.07, 6.45) is 5.11. The molecule has 0 saturated carbocycles. The predicted molar refractivity (Wildman–Crippen MR) is 41.2 cm³/mol. The highest BCUT2D eigenvalue weighted by Crippen LogP contribution is 2.18. The molecule has 3 nitrogen and oxygen atoms in total. The Morgan fingerprint density at radius 1 is 1.50 bits per heavy atom. The second-order valence-electron chi connectivity index (χ2n) is 2.50. The van der Waals surface area contributed by atoms with Gasteiger partial charge >= 0.3 is 0 Å². The van der Waals surface area contributed by atoms with Crippen molar-refractivity contribution in [1.29, 1.82) is 0 Å². The molecule has 1 atom stereocenters. The fraction of sp³-hybridized carbons (Fsp3) is 0.429. The van der Waals surface area contributed by atoms with Gasteiger partial charge in [-0.2, -0.15) is 0 Å². The molecule has 2 aliphatic rings. The summed E-state index contributed by atoms with van der Waals surface area (Å²) < 4.78 is 0. The van der Waals surface area contributed by atoms with E-state index in [2.05, 4.69) is 16.1 Å². The van der Waals surface area contributed by atoms with Crippen molar-refractivity contribution in [2.45, 2.75) is 6.42 Å². The summed E-state index contributed by atoms with van der Waals surface area (Å²) in [5.41, 5.74) is 6.75. The molecule has 0 amide bonds. The minimum Gasteiger partial charge on any atom is -0.387 e. The largest absolute Gasteiger partial charge is 0.387 e. The fourth-order valence-electron chi connectivity index (χ4n) is 1.31. The van der Waals surface area contributed by atoms with Crippen molar-refractivity contribution in [1.82, 2.24) is 0 Å². The van der Waals surface area contributed by atoms with Crippen molar-refractivity contribution >= 4 is 11.5 Å². The molecule has 1 heterocycles. The summed E-state index contributed by atoms with van der Waals surface area (Å²) in [6, 6.07) is 0. The number of fused-ring (bicyclic) bond motifs is 1. The highest BCUT2D eigenvalue weighted by atomic mass is 15.0. The third kappa shape index (κ3) is 0.667. The maximum atomic E-state index is 5.65. The van der Waals surface area contributed by atoms with Crippen LogP contribution in [0.5, 0.6) is 0 Å². The zero-order valence-corrected chi connectivity index (χ0v) is 5.62. The Bertz CT molecular complexity index is 237. The molecule has 3 heteroatoms. The van der Waals surface area contributed by atoms with E-state index in [9.17, 15) is 0 Å². The highest BCUT2D eigenvalue weighted by molar-refractivity contribution is 6.13. The van der Waals surface area contributed by atoms with Gasteiger partial charge in [-0.15, -0.1) is 0 Å². The maximum absolute atomic E-state index is 5.65. The van der Waals surface area contributed by atoms with E-state index in [1.165, 1.54) is 0 Å². The number of aliphatic imine (C=N–C) groups is 2. The van der Waals surface area contributed by atoms with Gasteiger partial charge in [-0.1, -0.05) is 6.08 Å². The summed E-state index contributed by atoms with van der Waals surface area (Å²) in [7, 11) is 0. The lowest BCUT2D eigenvalue weighted by atomic mass is 10.0. The van der Waals surface area contributed by atoms with Gasteiger partial charge in [-0.25, -0.2) is 4.99 Å². The van der Waals surface area contributed by atoms with Crippen LogP contribution in [0, 0.1) is 5.92 Å². The highest BCUT2D eigenvalue weighted by Gasteiger charge is 2.23. The molecule has 0 aromatic rings. The van der Waals surface area contributed by atoms with Crippen LogP contribution in [-0.2, 0) is 0 Å². The van der Waals surface area contributed by atoms with Gasteiger partial charge in [0.15, 0.2) is 0 Å². The van der Waals surface area contributed by atoms with Gasteiger partial charge in [0.2, 0.25) is 0 Å². The van der Waals surface area contributed by atoms with E-state index in [0.717, 1.165) is 18.0 Å². The van der Waals surface area contributed by atoms with E-state index in [1.54, 1.807) is 0 Å². The molecule has 0 radical (unpaired) electrons. The monoisotopic (exact) mass is 135 g/mol. The van der Waals surface area contributed by atoms with Crippen LogP contribution in [0.15, 0.2) is 22.1 Å². The molecule has 52 valence electrons. The van der Waals surface area contributed by atoms with Crippen molar-refractivity contribution in [3.05, 3.63) is 12.2 Å².